The van der Waals surface area contributed by atoms with E-state index < -0.39 is 24.2 Å². The molecule has 0 bridgehead atoms. The number of hydrogen-bond acceptors (Lipinski definition) is 15. The minimum Gasteiger partial charge on any atom is -0.471 e. The second-order valence-electron chi connectivity index (χ2n) is 8.88. The van der Waals surface area contributed by atoms with Crippen LogP contribution in [0.15, 0.2) is 100.0 Å². The molecule has 2 aliphatic rings. The number of hydrogen-bond donors (Lipinski definition) is 0. The Hall–Kier alpha value is -5.00. The number of esters is 2. The molecule has 0 fully saturated rings. The van der Waals surface area contributed by atoms with Crippen LogP contribution in [0.1, 0.15) is 13.8 Å². The first-order valence-electron chi connectivity index (χ1n) is 13.7. The van der Waals surface area contributed by atoms with Gasteiger partial charge in [-0.05, 0) is 38.1 Å². The van der Waals surface area contributed by atoms with Crippen molar-refractivity contribution in [3.05, 3.63) is 91.8 Å². The van der Waals surface area contributed by atoms with E-state index in [-0.39, 0.29) is 75.5 Å². The molecule has 0 aliphatic carbocycles. The Kier molecular flexibility index (Phi) is 11.3. The molecule has 0 unspecified atom stereocenters. The summed E-state index contributed by atoms with van der Waals surface area (Å²) in [5.74, 6) is -1.54. The summed E-state index contributed by atoms with van der Waals surface area (Å²) in [7, 11) is 0. The molecule has 3 aromatic carbocycles. The molecule has 12 nitrogen and oxygen atoms in total. The van der Waals surface area contributed by atoms with Gasteiger partial charge in [0, 0.05) is 0 Å². The number of carbonyl (C=O) groups excluding carboxylic acids is 4. The van der Waals surface area contributed by atoms with Crippen LogP contribution in [0.5, 0.6) is 23.0 Å². The lowest BCUT2D eigenvalue weighted by Crippen LogP contribution is -2.16. The summed E-state index contributed by atoms with van der Waals surface area (Å²) in [4.78, 5) is 55.8. The van der Waals surface area contributed by atoms with Crippen LogP contribution in [0, 0.1) is 17.9 Å². The van der Waals surface area contributed by atoms with Crippen molar-refractivity contribution in [2.75, 3.05) is 13.2 Å². The standard InChI is InChI=1S/C32H20N2O10S4/c1-4-39-27(35)19(16-33)29-45-23-21(43-31(37)41-17-12-8-6-9-13-17)25-26(48-30(47-25)20(34-3)28(36)40-5-2)22(24(23)46-29)44-32(38)42-18-14-10-7-11-15-18/h6-15H,4-5H2,1-2H3. The Morgan fingerprint density at radius 3 is 1.48 bits per heavy atom. The SMILES string of the molecule is [C-]#[N+]C(C(=O)OCC)=C1Sc2c(OC(=O)Oc3ccccc3)c3c(c(OC(=O)Oc4ccccc4)c2S1)SC(=C(C#N)C(=O)OCC)S3. The zero-order chi connectivity index (χ0) is 34.2. The molecule has 0 atom stereocenters. The Morgan fingerprint density at radius 2 is 1.08 bits per heavy atom. The molecular formula is C32H20N2O10S4. The molecule has 0 amide bonds. The van der Waals surface area contributed by atoms with Crippen LogP contribution in [0.2, 0.25) is 0 Å². The molecule has 48 heavy (non-hydrogen) atoms. The lowest BCUT2D eigenvalue weighted by Gasteiger charge is -2.16. The number of nitriles is 1. The summed E-state index contributed by atoms with van der Waals surface area (Å²) < 4.78 is 32.7. The van der Waals surface area contributed by atoms with Gasteiger partial charge in [0.2, 0.25) is 0 Å². The number of benzene rings is 3. The highest BCUT2D eigenvalue weighted by Gasteiger charge is 2.41. The zero-order valence-electron chi connectivity index (χ0n) is 24.8. The number of rotatable bonds is 8. The van der Waals surface area contributed by atoms with Crippen molar-refractivity contribution >= 4 is 71.3 Å². The maximum atomic E-state index is 13.1. The van der Waals surface area contributed by atoms with Crippen LogP contribution in [0.4, 0.5) is 9.59 Å². The maximum absolute atomic E-state index is 13.1. The van der Waals surface area contributed by atoms with Gasteiger partial charge in [-0.2, -0.15) is 5.26 Å². The molecular weight excluding hydrogens is 701 g/mol. The quantitative estimate of drug-likeness (QED) is 0.0722. The van der Waals surface area contributed by atoms with Gasteiger partial charge in [-0.25, -0.2) is 19.2 Å². The second kappa shape index (κ2) is 15.7. The van der Waals surface area contributed by atoms with Crippen molar-refractivity contribution in [3.63, 3.8) is 0 Å². The molecule has 0 saturated heterocycles. The summed E-state index contributed by atoms with van der Waals surface area (Å²) in [5.41, 5.74) is -0.661. The van der Waals surface area contributed by atoms with E-state index in [4.69, 9.17) is 35.0 Å². The van der Waals surface area contributed by atoms with E-state index in [1.807, 2.05) is 6.07 Å². The van der Waals surface area contributed by atoms with Gasteiger partial charge >= 0.3 is 24.2 Å². The van der Waals surface area contributed by atoms with Gasteiger partial charge in [0.15, 0.2) is 17.1 Å². The monoisotopic (exact) mass is 720 g/mol. The fraction of sp³-hybridized carbons (Fsp3) is 0.125. The lowest BCUT2D eigenvalue weighted by atomic mass is 10.3. The average Bonchev–Trinajstić information content (AvgIpc) is 3.70. The molecule has 2 aliphatic heterocycles. The minimum atomic E-state index is -1.13. The van der Waals surface area contributed by atoms with Gasteiger partial charge in [-0.1, -0.05) is 83.4 Å². The highest BCUT2D eigenvalue weighted by atomic mass is 32.2. The average molecular weight is 721 g/mol. The van der Waals surface area contributed by atoms with Crippen molar-refractivity contribution in [2.45, 2.75) is 33.4 Å². The van der Waals surface area contributed by atoms with Crippen molar-refractivity contribution in [2.24, 2.45) is 0 Å². The van der Waals surface area contributed by atoms with E-state index in [0.29, 0.717) is 0 Å². The Bertz CT molecular complexity index is 1770. The van der Waals surface area contributed by atoms with Gasteiger partial charge in [0.1, 0.15) is 17.6 Å². The molecule has 16 heteroatoms. The van der Waals surface area contributed by atoms with Gasteiger partial charge in [-0.3, -0.25) is 4.79 Å². The van der Waals surface area contributed by atoms with E-state index in [1.54, 1.807) is 74.5 Å². The van der Waals surface area contributed by atoms with Crippen LogP contribution in [-0.2, 0) is 19.1 Å². The Balaban J connectivity index is 1.67. The normalized spacial score (nSPS) is 12.4. The van der Waals surface area contributed by atoms with Gasteiger partial charge in [0.25, 0.3) is 5.70 Å². The molecule has 242 valence electrons. The van der Waals surface area contributed by atoms with Gasteiger partial charge in [0.05, 0.1) is 47.8 Å². The first kappa shape index (κ1) is 34.3. The molecule has 0 spiro atoms. The van der Waals surface area contributed by atoms with Crippen LogP contribution in [0.25, 0.3) is 4.85 Å². The summed E-state index contributed by atoms with van der Waals surface area (Å²) >= 11 is 3.62. The molecule has 5 rings (SSSR count). The first-order chi connectivity index (χ1) is 23.3. The third-order valence-electron chi connectivity index (χ3n) is 5.85. The number of fused-ring (bicyclic) bond motifs is 2. The highest BCUT2D eigenvalue weighted by Crippen LogP contribution is 2.68. The predicted molar refractivity (Wildman–Crippen MR) is 176 cm³/mol. The Labute approximate surface area is 290 Å². The zero-order valence-corrected chi connectivity index (χ0v) is 28.1. The van der Waals surface area contributed by atoms with Crippen LogP contribution < -0.4 is 18.9 Å². The fourth-order valence-electron chi connectivity index (χ4n) is 3.92. The highest BCUT2D eigenvalue weighted by molar-refractivity contribution is 8.26. The smallest absolute Gasteiger partial charge is 0.471 e. The molecule has 0 aromatic heterocycles. The third-order valence-corrected chi connectivity index (χ3v) is 11.0. The van der Waals surface area contributed by atoms with Crippen LogP contribution in [-0.4, -0.2) is 37.5 Å². The van der Waals surface area contributed by atoms with Crippen LogP contribution in [0.3, 0.4) is 0 Å². The largest absolute Gasteiger partial charge is 0.519 e. The molecule has 0 saturated carbocycles. The third kappa shape index (κ3) is 7.58. The summed E-state index contributed by atoms with van der Waals surface area (Å²) in [6.45, 7) is 10.9. The van der Waals surface area contributed by atoms with Crippen molar-refractivity contribution in [1.29, 1.82) is 5.26 Å². The maximum Gasteiger partial charge on any atom is 0.519 e. The van der Waals surface area contributed by atoms with E-state index in [0.717, 1.165) is 47.0 Å². The molecule has 2 heterocycles. The summed E-state index contributed by atoms with van der Waals surface area (Å²) in [6, 6.07) is 18.1. The van der Waals surface area contributed by atoms with E-state index in [1.165, 1.54) is 0 Å². The minimum absolute atomic E-state index is 0.0134. The van der Waals surface area contributed by atoms with E-state index >= 15 is 0 Å². The van der Waals surface area contributed by atoms with Crippen LogP contribution >= 0.6 is 47.0 Å². The topological polar surface area (TPSA) is 152 Å². The summed E-state index contributed by atoms with van der Waals surface area (Å²) in [5, 5.41) is 9.87. The second-order valence-corrected chi connectivity index (χ2v) is 13.5. The van der Waals surface area contributed by atoms with Crippen molar-refractivity contribution in [1.82, 2.24) is 0 Å². The summed E-state index contributed by atoms with van der Waals surface area (Å²) in [6.07, 6.45) is -2.26. The molecule has 0 N–H and O–H groups in total. The van der Waals surface area contributed by atoms with Gasteiger partial charge < -0.3 is 28.4 Å². The van der Waals surface area contributed by atoms with E-state index in [9.17, 15) is 24.4 Å². The number of para-hydroxylation sites is 2. The number of thioether (sulfide) groups is 4. The van der Waals surface area contributed by atoms with Crippen molar-refractivity contribution < 1.29 is 47.6 Å². The molecule has 0 radical (unpaired) electrons. The van der Waals surface area contributed by atoms with Gasteiger partial charge in [-0.15, -0.1) is 0 Å². The van der Waals surface area contributed by atoms with E-state index in [2.05, 4.69) is 4.85 Å². The lowest BCUT2D eigenvalue weighted by molar-refractivity contribution is -0.139. The number of ether oxygens (including phenoxy) is 6. The first-order valence-corrected chi connectivity index (χ1v) is 17.0. The number of carbonyl (C=O) groups is 4. The van der Waals surface area contributed by atoms with Crippen molar-refractivity contribution in [3.8, 4) is 29.1 Å². The Morgan fingerprint density at radius 1 is 0.667 bits per heavy atom. The predicted octanol–water partition coefficient (Wildman–Crippen LogP) is 8.19. The molecule has 3 aromatic rings. The number of nitrogens with zero attached hydrogens (tertiary/aromatic N) is 2. The fourth-order valence-corrected chi connectivity index (χ4v) is 9.22.